The van der Waals surface area contributed by atoms with E-state index in [2.05, 4.69) is 0 Å². The van der Waals surface area contributed by atoms with Crippen LogP contribution in [0.1, 0.15) is 18.9 Å². The molecule has 0 aliphatic rings. The molecule has 1 aromatic rings. The molecule has 0 spiro atoms. The van der Waals surface area contributed by atoms with Crippen LogP contribution in [0.15, 0.2) is 36.4 Å². The summed E-state index contributed by atoms with van der Waals surface area (Å²) in [4.78, 5) is 11.1. The smallest absolute Gasteiger partial charge is 0.311 e. The second kappa shape index (κ2) is 6.56. The minimum Gasteiger partial charge on any atom is -0.461 e. The van der Waals surface area contributed by atoms with Crippen molar-refractivity contribution in [1.29, 1.82) is 5.41 Å². The van der Waals surface area contributed by atoms with E-state index in [9.17, 15) is 4.79 Å². The van der Waals surface area contributed by atoms with Gasteiger partial charge in [0.05, 0.1) is 6.42 Å². The van der Waals surface area contributed by atoms with Crippen LogP contribution in [0.4, 0.5) is 0 Å². The summed E-state index contributed by atoms with van der Waals surface area (Å²) in [7, 11) is 0. The van der Waals surface area contributed by atoms with Gasteiger partial charge in [-0.2, -0.15) is 0 Å². The highest BCUT2D eigenvalue weighted by atomic mass is 16.5. The number of esters is 1. The number of ether oxygens (including phenoxy) is 1. The van der Waals surface area contributed by atoms with E-state index in [1.54, 1.807) is 13.0 Å². The molecule has 1 N–H and O–H groups in total. The maximum atomic E-state index is 11.1. The summed E-state index contributed by atoms with van der Waals surface area (Å²) >= 11 is 0. The first-order valence-electron chi connectivity index (χ1n) is 5.09. The second-order valence-corrected chi connectivity index (χ2v) is 3.45. The van der Waals surface area contributed by atoms with E-state index in [0.29, 0.717) is 5.71 Å². The number of carbonyl (C=O) groups is 1. The maximum absolute atomic E-state index is 11.1. The van der Waals surface area contributed by atoms with Crippen LogP contribution in [0, 0.1) is 5.41 Å². The van der Waals surface area contributed by atoms with E-state index in [4.69, 9.17) is 10.1 Å². The maximum Gasteiger partial charge on any atom is 0.311 e. The average molecular weight is 217 g/mol. The van der Waals surface area contributed by atoms with Crippen LogP contribution in [0.2, 0.25) is 0 Å². The van der Waals surface area contributed by atoms with Crippen LogP contribution in [0.3, 0.4) is 0 Å². The predicted molar refractivity (Wildman–Crippen MR) is 64.5 cm³/mol. The van der Waals surface area contributed by atoms with Gasteiger partial charge >= 0.3 is 5.97 Å². The third kappa shape index (κ3) is 5.10. The molecule has 0 bridgehead atoms. The van der Waals surface area contributed by atoms with E-state index in [1.807, 2.05) is 36.4 Å². The van der Waals surface area contributed by atoms with Crippen LogP contribution in [-0.2, 0) is 9.53 Å². The molecule has 0 aromatic heterocycles. The van der Waals surface area contributed by atoms with E-state index in [1.165, 1.54) is 0 Å². The third-order valence-corrected chi connectivity index (χ3v) is 1.86. The van der Waals surface area contributed by atoms with Gasteiger partial charge in [0.25, 0.3) is 0 Å². The van der Waals surface area contributed by atoms with Gasteiger partial charge < -0.3 is 10.1 Å². The largest absolute Gasteiger partial charge is 0.461 e. The Labute approximate surface area is 95.3 Å². The average Bonchev–Trinajstić information content (AvgIpc) is 2.25. The Kier molecular flexibility index (Phi) is 4.99. The minimum atomic E-state index is -0.356. The molecule has 0 saturated carbocycles. The Balaban J connectivity index is 2.28. The van der Waals surface area contributed by atoms with Crippen molar-refractivity contribution in [3.05, 3.63) is 42.0 Å². The van der Waals surface area contributed by atoms with Crippen molar-refractivity contribution in [3.8, 4) is 0 Å². The van der Waals surface area contributed by atoms with Crippen LogP contribution < -0.4 is 0 Å². The van der Waals surface area contributed by atoms with Crippen LogP contribution in [0.25, 0.3) is 6.08 Å². The lowest BCUT2D eigenvalue weighted by atomic mass is 10.2. The van der Waals surface area contributed by atoms with Gasteiger partial charge in [-0.3, -0.25) is 4.79 Å². The molecule has 0 fully saturated rings. The minimum absolute atomic E-state index is 0.0686. The quantitative estimate of drug-likeness (QED) is 0.609. The lowest BCUT2D eigenvalue weighted by molar-refractivity contribution is -0.140. The summed E-state index contributed by atoms with van der Waals surface area (Å²) in [6, 6.07) is 9.79. The zero-order valence-corrected chi connectivity index (χ0v) is 9.27. The summed E-state index contributed by atoms with van der Waals surface area (Å²) in [6.45, 7) is 1.84. The van der Waals surface area contributed by atoms with Gasteiger partial charge in [-0.05, 0) is 18.6 Å². The zero-order valence-electron chi connectivity index (χ0n) is 9.27. The highest BCUT2D eigenvalue weighted by Crippen LogP contribution is 2.00. The zero-order chi connectivity index (χ0) is 11.8. The SMILES string of the molecule is CC(=N)CC(=O)OCC=Cc1ccccc1. The van der Waals surface area contributed by atoms with Gasteiger partial charge in [0.15, 0.2) is 0 Å². The number of hydrogen-bond donors (Lipinski definition) is 1. The fourth-order valence-electron chi connectivity index (χ4n) is 1.16. The summed E-state index contributed by atoms with van der Waals surface area (Å²) in [5, 5.41) is 7.12. The molecule has 1 rings (SSSR count). The predicted octanol–water partition coefficient (Wildman–Crippen LogP) is 2.67. The van der Waals surface area contributed by atoms with Gasteiger partial charge in [-0.15, -0.1) is 0 Å². The first-order valence-corrected chi connectivity index (χ1v) is 5.09. The molecule has 3 heteroatoms. The molecule has 16 heavy (non-hydrogen) atoms. The van der Waals surface area contributed by atoms with Gasteiger partial charge in [0, 0.05) is 5.71 Å². The molecule has 0 heterocycles. The second-order valence-electron chi connectivity index (χ2n) is 3.45. The molecule has 1 aromatic carbocycles. The van der Waals surface area contributed by atoms with E-state index in [0.717, 1.165) is 5.56 Å². The van der Waals surface area contributed by atoms with Crippen LogP contribution in [-0.4, -0.2) is 18.3 Å². The molecular weight excluding hydrogens is 202 g/mol. The number of benzene rings is 1. The number of hydrogen-bond acceptors (Lipinski definition) is 3. The molecular formula is C13H15NO2. The first-order chi connectivity index (χ1) is 7.68. The fourth-order valence-corrected chi connectivity index (χ4v) is 1.16. The number of carbonyl (C=O) groups excluding carboxylic acids is 1. The van der Waals surface area contributed by atoms with Crippen molar-refractivity contribution in [2.45, 2.75) is 13.3 Å². The Bertz CT molecular complexity index is 382. The molecule has 0 aliphatic heterocycles. The Morgan fingerprint density at radius 1 is 1.38 bits per heavy atom. The van der Waals surface area contributed by atoms with Crippen molar-refractivity contribution in [3.63, 3.8) is 0 Å². The lowest BCUT2D eigenvalue weighted by Gasteiger charge is -1.99. The monoisotopic (exact) mass is 217 g/mol. The van der Waals surface area contributed by atoms with Gasteiger partial charge in [0.2, 0.25) is 0 Å². The van der Waals surface area contributed by atoms with Gasteiger partial charge in [0.1, 0.15) is 6.61 Å². The van der Waals surface area contributed by atoms with Crippen LogP contribution >= 0.6 is 0 Å². The van der Waals surface area contributed by atoms with Crippen molar-refractivity contribution >= 4 is 17.8 Å². The highest BCUT2D eigenvalue weighted by Gasteiger charge is 2.01. The standard InChI is InChI=1S/C13H15NO2/c1-11(14)10-13(15)16-9-5-8-12-6-3-2-4-7-12/h2-8,14H,9-10H2,1H3. The van der Waals surface area contributed by atoms with Crippen molar-refractivity contribution < 1.29 is 9.53 Å². The summed E-state index contributed by atoms with van der Waals surface area (Å²) in [5.41, 5.74) is 1.39. The molecule has 0 amide bonds. The van der Waals surface area contributed by atoms with Crippen LogP contribution in [0.5, 0.6) is 0 Å². The molecule has 84 valence electrons. The first kappa shape index (κ1) is 12.2. The molecule has 0 unspecified atom stereocenters. The molecule has 3 nitrogen and oxygen atoms in total. The van der Waals surface area contributed by atoms with E-state index >= 15 is 0 Å². The van der Waals surface area contributed by atoms with E-state index < -0.39 is 0 Å². The Morgan fingerprint density at radius 3 is 2.69 bits per heavy atom. The van der Waals surface area contributed by atoms with E-state index in [-0.39, 0.29) is 19.0 Å². The van der Waals surface area contributed by atoms with Crippen molar-refractivity contribution in [2.24, 2.45) is 0 Å². The number of nitrogens with one attached hydrogen (secondary N) is 1. The summed E-state index contributed by atoms with van der Waals surface area (Å²) in [6.07, 6.45) is 3.75. The molecule has 0 atom stereocenters. The molecule has 0 aliphatic carbocycles. The van der Waals surface area contributed by atoms with Gasteiger partial charge in [-0.1, -0.05) is 36.4 Å². The summed E-state index contributed by atoms with van der Waals surface area (Å²) in [5.74, 6) is -0.356. The molecule has 0 saturated heterocycles. The highest BCUT2D eigenvalue weighted by molar-refractivity contribution is 5.95. The third-order valence-electron chi connectivity index (χ3n) is 1.86. The fraction of sp³-hybridized carbons (Fsp3) is 0.231. The normalized spacial score (nSPS) is 10.3. The summed E-state index contributed by atoms with van der Waals surface area (Å²) < 4.78 is 4.91. The van der Waals surface area contributed by atoms with Crippen molar-refractivity contribution in [1.82, 2.24) is 0 Å². The topological polar surface area (TPSA) is 50.2 Å². The van der Waals surface area contributed by atoms with Gasteiger partial charge in [-0.25, -0.2) is 0 Å². The lowest BCUT2D eigenvalue weighted by Crippen LogP contribution is -2.08. The molecule has 0 radical (unpaired) electrons. The van der Waals surface area contributed by atoms with Crippen molar-refractivity contribution in [2.75, 3.05) is 6.61 Å². The number of rotatable bonds is 5. The Morgan fingerprint density at radius 2 is 2.06 bits per heavy atom. The Hall–Kier alpha value is -1.90.